The number of hydrogen-bond donors (Lipinski definition) is 3. The Morgan fingerprint density at radius 2 is 1.72 bits per heavy atom. The topological polar surface area (TPSA) is 149 Å². The summed E-state index contributed by atoms with van der Waals surface area (Å²) in [4.78, 5) is 58.3. The molecular formula is C37H48ClF3N6O6. The standard InChI is InChI=1S/C37H48ClF3N6O6/c1-43-30-7-3-2-6-25(30)9-15-46(23-48)26-10-18-45(19-11-26)36(52)53-32(22-24-20-28(37(39,40)41)33(42)29(38)21-24)34(49)44-16-12-27(13-17-44)47-14-5-4-8-31(47)35(50)51/h2-3,6-7,20-21,23,26-27,31-32,43H,4-5,8-19,22,42H2,1H3,(H,50,51)/t31-,32+/m0/s1. The summed E-state index contributed by atoms with van der Waals surface area (Å²) >= 11 is 6.10. The number of carboxylic acids is 1. The van der Waals surface area contributed by atoms with Crippen LogP contribution in [-0.2, 0) is 38.1 Å². The molecule has 0 spiro atoms. The van der Waals surface area contributed by atoms with Gasteiger partial charge in [0.25, 0.3) is 5.91 Å². The van der Waals surface area contributed by atoms with Crippen molar-refractivity contribution in [3.05, 3.63) is 58.1 Å². The molecule has 5 rings (SSSR count). The van der Waals surface area contributed by atoms with Gasteiger partial charge in [-0.1, -0.05) is 36.2 Å². The molecule has 0 radical (unpaired) electrons. The molecule has 290 valence electrons. The molecule has 53 heavy (non-hydrogen) atoms. The van der Waals surface area contributed by atoms with Crippen LogP contribution < -0.4 is 11.1 Å². The molecule has 0 aliphatic carbocycles. The van der Waals surface area contributed by atoms with Crippen LogP contribution in [0.5, 0.6) is 0 Å². The number of nitrogen functional groups attached to an aromatic ring is 1. The number of carboxylic acid groups (broad SMARTS) is 1. The third-order valence-electron chi connectivity index (χ3n) is 10.8. The van der Waals surface area contributed by atoms with Crippen molar-refractivity contribution in [2.75, 3.05) is 57.4 Å². The third-order valence-corrected chi connectivity index (χ3v) is 11.1. The number of hydrogen-bond acceptors (Lipinski definition) is 8. The fourth-order valence-electron chi connectivity index (χ4n) is 7.83. The van der Waals surface area contributed by atoms with Gasteiger partial charge in [0.1, 0.15) is 6.04 Å². The minimum absolute atomic E-state index is 0.0235. The summed E-state index contributed by atoms with van der Waals surface area (Å²) in [7, 11) is 1.84. The molecule has 4 N–H and O–H groups in total. The molecule has 0 bridgehead atoms. The molecular weight excluding hydrogens is 717 g/mol. The van der Waals surface area contributed by atoms with Gasteiger partial charge in [-0.2, -0.15) is 13.2 Å². The number of aliphatic carboxylic acids is 1. The number of benzene rings is 2. The molecule has 3 aliphatic rings. The van der Waals surface area contributed by atoms with Gasteiger partial charge in [0.05, 0.1) is 16.3 Å². The Morgan fingerprint density at radius 3 is 2.36 bits per heavy atom. The summed E-state index contributed by atoms with van der Waals surface area (Å²) in [6, 6.07) is 9.15. The molecule has 3 fully saturated rings. The Bertz CT molecular complexity index is 1620. The lowest BCUT2D eigenvalue weighted by Crippen LogP contribution is -2.55. The zero-order valence-corrected chi connectivity index (χ0v) is 30.6. The largest absolute Gasteiger partial charge is 0.480 e. The predicted octanol–water partition coefficient (Wildman–Crippen LogP) is 5.13. The number of nitrogens with two attached hydrogens (primary N) is 1. The monoisotopic (exact) mass is 764 g/mol. The number of carbonyl (C=O) groups is 4. The normalized spacial score (nSPS) is 19.8. The molecule has 3 heterocycles. The van der Waals surface area contributed by atoms with Gasteiger partial charge in [-0.3, -0.25) is 19.3 Å². The molecule has 0 aromatic heterocycles. The first-order valence-electron chi connectivity index (χ1n) is 18.1. The van der Waals surface area contributed by atoms with Gasteiger partial charge < -0.3 is 35.6 Å². The van der Waals surface area contributed by atoms with Gasteiger partial charge in [0.2, 0.25) is 6.41 Å². The van der Waals surface area contributed by atoms with Crippen LogP contribution in [0.1, 0.15) is 61.6 Å². The summed E-state index contributed by atoms with van der Waals surface area (Å²) < 4.78 is 47.3. The highest BCUT2D eigenvalue weighted by atomic mass is 35.5. The average molecular weight is 765 g/mol. The first-order valence-corrected chi connectivity index (χ1v) is 18.5. The molecule has 16 heteroatoms. The van der Waals surface area contributed by atoms with E-state index in [0.29, 0.717) is 51.6 Å². The number of piperidine rings is 3. The molecule has 3 saturated heterocycles. The maximum Gasteiger partial charge on any atom is 0.418 e. The number of nitrogens with one attached hydrogen (secondary N) is 1. The molecule has 0 unspecified atom stereocenters. The minimum atomic E-state index is -4.81. The first kappa shape index (κ1) is 40.0. The number of ether oxygens (including phenoxy) is 1. The summed E-state index contributed by atoms with van der Waals surface area (Å²) in [6.07, 6.45) is -1.72. The van der Waals surface area contributed by atoms with Crippen molar-refractivity contribution in [1.29, 1.82) is 0 Å². The van der Waals surface area contributed by atoms with E-state index in [9.17, 15) is 37.5 Å². The number of rotatable bonds is 12. The van der Waals surface area contributed by atoms with E-state index in [1.165, 1.54) is 15.9 Å². The fourth-order valence-corrected chi connectivity index (χ4v) is 8.07. The highest BCUT2D eigenvalue weighted by Crippen LogP contribution is 2.38. The summed E-state index contributed by atoms with van der Waals surface area (Å²) in [6.45, 7) is 2.18. The Hall–Kier alpha value is -4.24. The van der Waals surface area contributed by atoms with Crippen LogP contribution in [-0.4, -0.2) is 120 Å². The van der Waals surface area contributed by atoms with E-state index in [-0.39, 0.29) is 55.3 Å². The molecule has 0 saturated carbocycles. The highest BCUT2D eigenvalue weighted by Gasteiger charge is 2.39. The number of carbonyl (C=O) groups excluding carboxylic acids is 3. The van der Waals surface area contributed by atoms with Crippen molar-refractivity contribution < 1.29 is 42.2 Å². The van der Waals surface area contributed by atoms with E-state index in [1.807, 2.05) is 36.2 Å². The number of para-hydroxylation sites is 1. The molecule has 12 nitrogen and oxygen atoms in total. The van der Waals surface area contributed by atoms with Crippen LogP contribution in [0, 0.1) is 0 Å². The maximum atomic E-state index is 14.0. The van der Waals surface area contributed by atoms with Gasteiger partial charge in [0, 0.05) is 64.0 Å². The van der Waals surface area contributed by atoms with Crippen LogP contribution in [0.25, 0.3) is 0 Å². The first-order chi connectivity index (χ1) is 25.3. The summed E-state index contributed by atoms with van der Waals surface area (Å²) in [5, 5.41) is 12.6. The highest BCUT2D eigenvalue weighted by molar-refractivity contribution is 6.33. The van der Waals surface area contributed by atoms with Crippen molar-refractivity contribution in [2.45, 2.75) is 88.2 Å². The average Bonchev–Trinajstić information content (AvgIpc) is 3.15. The van der Waals surface area contributed by atoms with Crippen molar-refractivity contribution in [3.63, 3.8) is 0 Å². The van der Waals surface area contributed by atoms with Crippen molar-refractivity contribution in [3.8, 4) is 0 Å². The van der Waals surface area contributed by atoms with Gasteiger partial charge in [0.15, 0.2) is 6.10 Å². The molecule has 2 atom stereocenters. The van der Waals surface area contributed by atoms with Crippen LogP contribution in [0.15, 0.2) is 36.4 Å². The number of halogens is 4. The van der Waals surface area contributed by atoms with Crippen LogP contribution in [0.4, 0.5) is 29.3 Å². The zero-order chi connectivity index (χ0) is 38.3. The second kappa shape index (κ2) is 17.7. The number of amides is 3. The summed E-state index contributed by atoms with van der Waals surface area (Å²) in [5.41, 5.74) is 5.93. The molecule has 2 aromatic rings. The van der Waals surface area contributed by atoms with Crippen LogP contribution in [0.2, 0.25) is 5.02 Å². The predicted molar refractivity (Wildman–Crippen MR) is 193 cm³/mol. The van der Waals surface area contributed by atoms with Gasteiger partial charge in [-0.25, -0.2) is 4.79 Å². The lowest BCUT2D eigenvalue weighted by molar-refractivity contribution is -0.148. The SMILES string of the molecule is CNc1ccccc1CCN(C=O)C1CCN(C(=O)O[C@H](Cc2cc(Cl)c(N)c(C(F)(F)F)c2)C(=O)N2CCC(N3CCCC[C@H]3C(=O)O)CC2)CC1. The third kappa shape index (κ3) is 9.85. The van der Waals surface area contributed by atoms with Crippen molar-refractivity contribution in [1.82, 2.24) is 19.6 Å². The Morgan fingerprint density at radius 1 is 1.04 bits per heavy atom. The second-order valence-electron chi connectivity index (χ2n) is 14.0. The number of likely N-dealkylation sites (tertiary alicyclic amines) is 3. The van der Waals surface area contributed by atoms with Crippen LogP contribution >= 0.6 is 11.6 Å². The van der Waals surface area contributed by atoms with Gasteiger partial charge in [-0.15, -0.1) is 0 Å². The number of alkyl halides is 3. The van der Waals surface area contributed by atoms with Gasteiger partial charge in [-0.05, 0) is 80.8 Å². The van der Waals surface area contributed by atoms with Crippen molar-refractivity contribution >= 4 is 47.4 Å². The minimum Gasteiger partial charge on any atom is -0.480 e. The van der Waals surface area contributed by atoms with Crippen LogP contribution in [0.3, 0.4) is 0 Å². The zero-order valence-electron chi connectivity index (χ0n) is 29.8. The van der Waals surface area contributed by atoms with E-state index < -0.39 is 47.5 Å². The quantitative estimate of drug-likeness (QED) is 0.198. The van der Waals surface area contributed by atoms with E-state index in [0.717, 1.165) is 36.6 Å². The fraction of sp³-hybridized carbons (Fsp3) is 0.568. The lowest BCUT2D eigenvalue weighted by atomic mass is 9.94. The maximum absolute atomic E-state index is 14.0. The molecule has 3 aliphatic heterocycles. The number of anilines is 2. The van der Waals surface area contributed by atoms with Crippen molar-refractivity contribution in [2.24, 2.45) is 0 Å². The number of nitrogens with zero attached hydrogens (tertiary/aromatic N) is 4. The second-order valence-corrected chi connectivity index (χ2v) is 14.4. The van der Waals surface area contributed by atoms with E-state index in [4.69, 9.17) is 22.1 Å². The van der Waals surface area contributed by atoms with E-state index in [1.54, 1.807) is 4.90 Å². The Labute approximate surface area is 312 Å². The lowest BCUT2D eigenvalue weighted by Gasteiger charge is -2.43. The molecule has 3 amide bonds. The van der Waals surface area contributed by atoms with E-state index >= 15 is 0 Å². The Kier molecular flexibility index (Phi) is 13.4. The van der Waals surface area contributed by atoms with Gasteiger partial charge >= 0.3 is 18.2 Å². The Balaban J connectivity index is 1.26. The smallest absolute Gasteiger partial charge is 0.418 e. The molecule has 2 aromatic carbocycles. The summed E-state index contributed by atoms with van der Waals surface area (Å²) in [5.74, 6) is -1.43. The van der Waals surface area contributed by atoms with E-state index in [2.05, 4.69) is 5.32 Å².